The molecule has 0 fully saturated rings. The number of amides is 1. The Morgan fingerprint density at radius 2 is 1.72 bits per heavy atom. The number of hydrogen-bond acceptors (Lipinski definition) is 5. The van der Waals surface area contributed by atoms with Crippen LogP contribution in [-0.2, 0) is 4.79 Å². The summed E-state index contributed by atoms with van der Waals surface area (Å²) in [7, 11) is 3.23. The predicted octanol–water partition coefficient (Wildman–Crippen LogP) is 3.38. The van der Waals surface area contributed by atoms with Crippen LogP contribution in [0.15, 0.2) is 53.4 Å². The number of hydrogen-bond donors (Lipinski definition) is 1. The Morgan fingerprint density at radius 1 is 1.04 bits per heavy atom. The van der Waals surface area contributed by atoms with Crippen molar-refractivity contribution in [2.45, 2.75) is 17.1 Å². The van der Waals surface area contributed by atoms with Gasteiger partial charge >= 0.3 is 0 Å². The summed E-state index contributed by atoms with van der Waals surface area (Å²) in [6, 6.07) is 15.1. The lowest BCUT2D eigenvalue weighted by molar-refractivity contribution is -0.120. The largest absolute Gasteiger partial charge is 0.497 e. The van der Waals surface area contributed by atoms with Crippen LogP contribution in [0.25, 0.3) is 0 Å². The fraction of sp³-hybridized carbons (Fsp3) is 0.316. The normalized spacial score (nSPS) is 11.5. The molecule has 0 saturated carbocycles. The quantitative estimate of drug-likeness (QED) is 0.548. The van der Waals surface area contributed by atoms with Crippen LogP contribution in [0.4, 0.5) is 0 Å². The van der Waals surface area contributed by atoms with Gasteiger partial charge in [0, 0.05) is 4.90 Å². The summed E-state index contributed by atoms with van der Waals surface area (Å²) in [6.07, 6.45) is 0. The number of nitrogens with one attached hydrogen (secondary N) is 1. The van der Waals surface area contributed by atoms with Gasteiger partial charge in [0.1, 0.15) is 12.4 Å². The van der Waals surface area contributed by atoms with Gasteiger partial charge in [-0.1, -0.05) is 12.1 Å². The first-order valence-corrected chi connectivity index (χ1v) is 8.86. The Morgan fingerprint density at radius 3 is 2.36 bits per heavy atom. The van der Waals surface area contributed by atoms with E-state index in [1.165, 1.54) is 11.8 Å². The Balaban J connectivity index is 1.73. The van der Waals surface area contributed by atoms with Crippen molar-refractivity contribution >= 4 is 17.7 Å². The highest BCUT2D eigenvalue weighted by atomic mass is 32.2. The van der Waals surface area contributed by atoms with Crippen molar-refractivity contribution in [1.29, 1.82) is 0 Å². The summed E-state index contributed by atoms with van der Waals surface area (Å²) in [4.78, 5) is 13.2. The predicted molar refractivity (Wildman–Crippen MR) is 99.8 cm³/mol. The van der Waals surface area contributed by atoms with Crippen LogP contribution < -0.4 is 19.5 Å². The van der Waals surface area contributed by atoms with Gasteiger partial charge in [0.25, 0.3) is 0 Å². The van der Waals surface area contributed by atoms with Crippen LogP contribution >= 0.6 is 11.8 Å². The lowest BCUT2D eigenvalue weighted by atomic mass is 10.3. The third-order valence-corrected chi connectivity index (χ3v) is 4.58. The summed E-state index contributed by atoms with van der Waals surface area (Å²) in [5, 5.41) is 2.69. The first-order chi connectivity index (χ1) is 12.1. The van der Waals surface area contributed by atoms with Crippen molar-refractivity contribution in [1.82, 2.24) is 5.32 Å². The van der Waals surface area contributed by atoms with Crippen molar-refractivity contribution < 1.29 is 19.0 Å². The van der Waals surface area contributed by atoms with E-state index in [1.54, 1.807) is 14.2 Å². The third-order valence-electron chi connectivity index (χ3n) is 3.47. The molecule has 1 atom stereocenters. The minimum absolute atomic E-state index is 0.0237. The Bertz CT molecular complexity index is 675. The van der Waals surface area contributed by atoms with Gasteiger partial charge < -0.3 is 19.5 Å². The molecule has 0 aromatic heterocycles. The molecular weight excluding hydrogens is 338 g/mol. The fourth-order valence-electron chi connectivity index (χ4n) is 2.13. The van der Waals surface area contributed by atoms with Crippen LogP contribution in [0.3, 0.4) is 0 Å². The van der Waals surface area contributed by atoms with Crippen molar-refractivity contribution in [2.24, 2.45) is 0 Å². The van der Waals surface area contributed by atoms with Crippen molar-refractivity contribution in [3.8, 4) is 17.2 Å². The highest BCUT2D eigenvalue weighted by molar-refractivity contribution is 8.00. The molecule has 0 aliphatic carbocycles. The molecule has 0 bridgehead atoms. The van der Waals surface area contributed by atoms with Gasteiger partial charge in [0.15, 0.2) is 11.5 Å². The van der Waals surface area contributed by atoms with E-state index in [4.69, 9.17) is 14.2 Å². The average Bonchev–Trinajstić information content (AvgIpc) is 2.65. The number of benzene rings is 2. The second-order valence-electron chi connectivity index (χ2n) is 5.23. The van der Waals surface area contributed by atoms with E-state index in [-0.39, 0.29) is 11.2 Å². The molecule has 2 aromatic carbocycles. The summed E-state index contributed by atoms with van der Waals surface area (Å²) in [5.41, 5.74) is 0. The summed E-state index contributed by atoms with van der Waals surface area (Å²) in [6.45, 7) is 2.70. The molecule has 6 heteroatoms. The molecule has 1 N–H and O–H groups in total. The number of methoxy groups -OCH3 is 2. The van der Waals surface area contributed by atoms with E-state index < -0.39 is 0 Å². The fourth-order valence-corrected chi connectivity index (χ4v) is 3.02. The van der Waals surface area contributed by atoms with Crippen LogP contribution in [-0.4, -0.2) is 38.5 Å². The molecule has 0 aliphatic heterocycles. The van der Waals surface area contributed by atoms with Crippen molar-refractivity contribution in [2.75, 3.05) is 27.4 Å². The van der Waals surface area contributed by atoms with Gasteiger partial charge in [-0.15, -0.1) is 11.8 Å². The van der Waals surface area contributed by atoms with Gasteiger partial charge in [-0.2, -0.15) is 0 Å². The molecular formula is C19H23NO4S. The van der Waals surface area contributed by atoms with E-state index in [2.05, 4.69) is 5.32 Å². The van der Waals surface area contributed by atoms with Gasteiger partial charge in [-0.25, -0.2) is 0 Å². The molecule has 134 valence electrons. The van der Waals surface area contributed by atoms with Crippen molar-refractivity contribution in [3.63, 3.8) is 0 Å². The maximum absolute atomic E-state index is 12.2. The SMILES string of the molecule is COc1ccc(S[C@H](C)C(=O)NCCOc2ccccc2OC)cc1. The average molecular weight is 361 g/mol. The molecule has 5 nitrogen and oxygen atoms in total. The third kappa shape index (κ3) is 5.90. The zero-order valence-electron chi connectivity index (χ0n) is 14.7. The number of ether oxygens (including phenoxy) is 3. The van der Waals surface area contributed by atoms with Gasteiger partial charge in [-0.05, 0) is 43.3 Å². The number of rotatable bonds is 9. The molecule has 2 aromatic rings. The Labute approximate surface area is 152 Å². The van der Waals surface area contributed by atoms with Gasteiger partial charge in [0.05, 0.1) is 26.0 Å². The first-order valence-electron chi connectivity index (χ1n) is 7.98. The van der Waals surface area contributed by atoms with Crippen LogP contribution in [0.2, 0.25) is 0 Å². The zero-order valence-corrected chi connectivity index (χ0v) is 15.5. The highest BCUT2D eigenvalue weighted by Crippen LogP contribution is 2.26. The van der Waals surface area contributed by atoms with Gasteiger partial charge in [0.2, 0.25) is 5.91 Å². The van der Waals surface area contributed by atoms with Crippen LogP contribution in [0.1, 0.15) is 6.92 Å². The summed E-state index contributed by atoms with van der Waals surface area (Å²) < 4.78 is 16.0. The van der Waals surface area contributed by atoms with E-state index >= 15 is 0 Å². The second kappa shape index (κ2) is 9.84. The molecule has 2 rings (SSSR count). The van der Waals surface area contributed by atoms with E-state index in [1.807, 2.05) is 55.5 Å². The summed E-state index contributed by atoms with van der Waals surface area (Å²) in [5.74, 6) is 2.12. The minimum atomic E-state index is -0.195. The molecule has 0 aliphatic rings. The van der Waals surface area contributed by atoms with Crippen molar-refractivity contribution in [3.05, 3.63) is 48.5 Å². The molecule has 0 unspecified atom stereocenters. The maximum atomic E-state index is 12.2. The topological polar surface area (TPSA) is 56.8 Å². The minimum Gasteiger partial charge on any atom is -0.497 e. The second-order valence-corrected chi connectivity index (χ2v) is 6.64. The van der Waals surface area contributed by atoms with E-state index in [0.717, 1.165) is 10.6 Å². The Hall–Kier alpha value is -2.34. The monoisotopic (exact) mass is 361 g/mol. The molecule has 0 radical (unpaired) electrons. The first kappa shape index (κ1) is 19.0. The lowest BCUT2D eigenvalue weighted by Crippen LogP contribution is -2.33. The van der Waals surface area contributed by atoms with E-state index in [0.29, 0.717) is 24.7 Å². The number of para-hydroxylation sites is 2. The molecule has 0 heterocycles. The molecule has 0 saturated heterocycles. The zero-order chi connectivity index (χ0) is 18.1. The van der Waals surface area contributed by atoms with Gasteiger partial charge in [-0.3, -0.25) is 4.79 Å². The molecule has 1 amide bonds. The smallest absolute Gasteiger partial charge is 0.233 e. The summed E-state index contributed by atoms with van der Waals surface area (Å²) >= 11 is 1.50. The number of carbonyl (C=O) groups excluding carboxylic acids is 1. The standard InChI is InChI=1S/C19H23NO4S/c1-14(25-16-10-8-15(22-2)9-11-16)19(21)20-12-13-24-18-7-5-4-6-17(18)23-3/h4-11,14H,12-13H2,1-3H3,(H,20,21)/t14-/m1/s1. The number of thioether (sulfide) groups is 1. The van der Waals surface area contributed by atoms with E-state index in [9.17, 15) is 4.79 Å². The number of carbonyl (C=O) groups is 1. The lowest BCUT2D eigenvalue weighted by Gasteiger charge is -2.13. The maximum Gasteiger partial charge on any atom is 0.233 e. The highest BCUT2D eigenvalue weighted by Gasteiger charge is 2.14. The van der Waals surface area contributed by atoms with Crippen LogP contribution in [0.5, 0.6) is 17.2 Å². The Kier molecular flexibility index (Phi) is 7.47. The molecule has 0 spiro atoms. The molecule has 25 heavy (non-hydrogen) atoms. The van der Waals surface area contributed by atoms with Crippen LogP contribution in [0, 0.1) is 0 Å².